The number of benzene rings is 2. The van der Waals surface area contributed by atoms with E-state index in [0.717, 1.165) is 25.4 Å². The SMILES string of the molecule is Cc1ccc(CNc2ccc(F)cc2I)c(Cl)c1. The topological polar surface area (TPSA) is 12.0 Å². The minimum absolute atomic E-state index is 0.224. The fourth-order valence-corrected chi connectivity index (χ4v) is 2.59. The van der Waals surface area contributed by atoms with Crippen LogP contribution in [0.25, 0.3) is 0 Å². The molecule has 1 nitrogen and oxygen atoms in total. The zero-order valence-corrected chi connectivity index (χ0v) is 12.7. The van der Waals surface area contributed by atoms with Gasteiger partial charge >= 0.3 is 0 Å². The highest BCUT2D eigenvalue weighted by atomic mass is 127. The standard InChI is InChI=1S/C14H12ClFIN/c1-9-2-3-10(12(15)6-9)8-18-14-5-4-11(16)7-13(14)17/h2-7,18H,8H2,1H3. The van der Waals surface area contributed by atoms with Crippen molar-refractivity contribution in [2.24, 2.45) is 0 Å². The number of hydrogen-bond acceptors (Lipinski definition) is 1. The van der Waals surface area contributed by atoms with Crippen LogP contribution < -0.4 is 5.32 Å². The largest absolute Gasteiger partial charge is 0.380 e. The first kappa shape index (κ1) is 13.6. The summed E-state index contributed by atoms with van der Waals surface area (Å²) in [6.07, 6.45) is 0. The quantitative estimate of drug-likeness (QED) is 0.744. The van der Waals surface area contributed by atoms with Gasteiger partial charge in [0.15, 0.2) is 0 Å². The van der Waals surface area contributed by atoms with Crippen molar-refractivity contribution in [3.63, 3.8) is 0 Å². The third-order valence-electron chi connectivity index (χ3n) is 2.61. The molecule has 0 unspecified atom stereocenters. The molecular formula is C14H12ClFIN. The summed E-state index contributed by atoms with van der Waals surface area (Å²) in [5.41, 5.74) is 3.08. The van der Waals surface area contributed by atoms with Crippen molar-refractivity contribution in [3.8, 4) is 0 Å². The fraction of sp³-hybridized carbons (Fsp3) is 0.143. The smallest absolute Gasteiger partial charge is 0.124 e. The van der Waals surface area contributed by atoms with E-state index in [9.17, 15) is 4.39 Å². The lowest BCUT2D eigenvalue weighted by Crippen LogP contribution is -2.02. The molecule has 0 amide bonds. The Balaban J connectivity index is 2.11. The van der Waals surface area contributed by atoms with Crippen LogP contribution in [0, 0.1) is 16.3 Å². The van der Waals surface area contributed by atoms with Gasteiger partial charge in [-0.2, -0.15) is 0 Å². The molecule has 0 spiro atoms. The summed E-state index contributed by atoms with van der Waals surface area (Å²) in [6.45, 7) is 2.63. The summed E-state index contributed by atoms with van der Waals surface area (Å²) in [7, 11) is 0. The molecule has 4 heteroatoms. The Kier molecular flexibility index (Phi) is 4.45. The Labute approximate surface area is 124 Å². The van der Waals surface area contributed by atoms with E-state index in [2.05, 4.69) is 27.9 Å². The zero-order chi connectivity index (χ0) is 13.1. The Bertz CT molecular complexity index is 520. The van der Waals surface area contributed by atoms with Gasteiger partial charge in [0, 0.05) is 20.8 Å². The molecule has 0 atom stereocenters. The van der Waals surface area contributed by atoms with Crippen LogP contribution in [0.2, 0.25) is 5.02 Å². The molecule has 0 aromatic heterocycles. The molecule has 0 saturated heterocycles. The van der Waals surface area contributed by atoms with Gasteiger partial charge in [0.2, 0.25) is 0 Å². The van der Waals surface area contributed by atoms with Crippen LogP contribution in [-0.2, 0) is 6.54 Å². The molecular weight excluding hydrogens is 364 g/mol. The molecule has 1 N–H and O–H groups in total. The second-order valence-electron chi connectivity index (χ2n) is 4.07. The number of rotatable bonds is 3. The van der Waals surface area contributed by atoms with Crippen molar-refractivity contribution in [2.45, 2.75) is 13.5 Å². The van der Waals surface area contributed by atoms with Crippen molar-refractivity contribution in [1.29, 1.82) is 0 Å². The summed E-state index contributed by atoms with van der Waals surface area (Å²) in [4.78, 5) is 0. The Morgan fingerprint density at radius 2 is 2.00 bits per heavy atom. The van der Waals surface area contributed by atoms with E-state index in [4.69, 9.17) is 11.6 Å². The van der Waals surface area contributed by atoms with E-state index in [0.29, 0.717) is 6.54 Å². The van der Waals surface area contributed by atoms with Crippen molar-refractivity contribution >= 4 is 39.9 Å². The highest BCUT2D eigenvalue weighted by molar-refractivity contribution is 14.1. The Morgan fingerprint density at radius 3 is 2.67 bits per heavy atom. The first-order chi connectivity index (χ1) is 8.56. The molecule has 0 saturated carbocycles. The van der Waals surface area contributed by atoms with Gasteiger partial charge in [0.05, 0.1) is 0 Å². The molecule has 0 aliphatic rings. The minimum Gasteiger partial charge on any atom is -0.380 e. The number of hydrogen-bond donors (Lipinski definition) is 1. The average Bonchev–Trinajstić information content (AvgIpc) is 2.30. The molecule has 0 aliphatic heterocycles. The zero-order valence-electron chi connectivity index (χ0n) is 9.81. The van der Waals surface area contributed by atoms with Crippen molar-refractivity contribution < 1.29 is 4.39 Å². The average molecular weight is 376 g/mol. The van der Waals surface area contributed by atoms with E-state index in [1.165, 1.54) is 12.1 Å². The predicted molar refractivity (Wildman–Crippen MR) is 82.6 cm³/mol. The molecule has 94 valence electrons. The van der Waals surface area contributed by atoms with E-state index in [1.807, 2.05) is 25.1 Å². The molecule has 0 aliphatic carbocycles. The Morgan fingerprint density at radius 1 is 1.22 bits per heavy atom. The molecule has 2 rings (SSSR count). The van der Waals surface area contributed by atoms with Crippen LogP contribution in [0.15, 0.2) is 36.4 Å². The molecule has 0 fully saturated rings. The van der Waals surface area contributed by atoms with E-state index < -0.39 is 0 Å². The van der Waals surface area contributed by atoms with Crippen LogP contribution in [0.1, 0.15) is 11.1 Å². The van der Waals surface area contributed by atoms with Crippen LogP contribution in [0.5, 0.6) is 0 Å². The third kappa shape index (κ3) is 3.36. The summed E-state index contributed by atoms with van der Waals surface area (Å²) in [5.74, 6) is -0.224. The third-order valence-corrected chi connectivity index (χ3v) is 3.85. The van der Waals surface area contributed by atoms with Crippen LogP contribution >= 0.6 is 34.2 Å². The monoisotopic (exact) mass is 375 g/mol. The molecule has 18 heavy (non-hydrogen) atoms. The van der Waals surface area contributed by atoms with E-state index in [-0.39, 0.29) is 5.82 Å². The maximum atomic E-state index is 13.0. The summed E-state index contributed by atoms with van der Waals surface area (Å²) in [6, 6.07) is 10.6. The van der Waals surface area contributed by atoms with Gasteiger partial charge in [-0.05, 0) is 64.9 Å². The van der Waals surface area contributed by atoms with Crippen molar-refractivity contribution in [3.05, 3.63) is 61.9 Å². The first-order valence-corrected chi connectivity index (χ1v) is 6.96. The van der Waals surface area contributed by atoms with Gasteiger partial charge in [-0.25, -0.2) is 4.39 Å². The predicted octanol–water partition coefficient (Wildman–Crippen LogP) is 5.00. The normalized spacial score (nSPS) is 10.4. The maximum Gasteiger partial charge on any atom is 0.124 e. The molecule has 0 radical (unpaired) electrons. The highest BCUT2D eigenvalue weighted by Crippen LogP contribution is 2.22. The highest BCUT2D eigenvalue weighted by Gasteiger charge is 2.03. The lowest BCUT2D eigenvalue weighted by atomic mass is 10.1. The number of halogens is 3. The lowest BCUT2D eigenvalue weighted by molar-refractivity contribution is 0.627. The Hall–Kier alpha value is -0.810. The minimum atomic E-state index is -0.224. The second-order valence-corrected chi connectivity index (χ2v) is 5.64. The van der Waals surface area contributed by atoms with Crippen LogP contribution in [-0.4, -0.2) is 0 Å². The second kappa shape index (κ2) is 5.89. The van der Waals surface area contributed by atoms with Crippen LogP contribution in [0.3, 0.4) is 0 Å². The van der Waals surface area contributed by atoms with E-state index in [1.54, 1.807) is 6.07 Å². The van der Waals surface area contributed by atoms with E-state index >= 15 is 0 Å². The summed E-state index contributed by atoms with van der Waals surface area (Å²) >= 11 is 8.27. The summed E-state index contributed by atoms with van der Waals surface area (Å²) in [5, 5.41) is 4.01. The fourth-order valence-electron chi connectivity index (χ4n) is 1.62. The molecule has 0 bridgehead atoms. The number of anilines is 1. The van der Waals surface area contributed by atoms with Crippen molar-refractivity contribution in [1.82, 2.24) is 0 Å². The van der Waals surface area contributed by atoms with Gasteiger partial charge < -0.3 is 5.32 Å². The van der Waals surface area contributed by atoms with Gasteiger partial charge in [-0.1, -0.05) is 23.7 Å². The summed E-state index contributed by atoms with van der Waals surface area (Å²) < 4.78 is 13.8. The molecule has 0 heterocycles. The number of aryl methyl sites for hydroxylation is 1. The van der Waals surface area contributed by atoms with Gasteiger partial charge in [-0.15, -0.1) is 0 Å². The first-order valence-electron chi connectivity index (χ1n) is 5.50. The van der Waals surface area contributed by atoms with Gasteiger partial charge in [0.25, 0.3) is 0 Å². The van der Waals surface area contributed by atoms with Crippen LogP contribution in [0.4, 0.5) is 10.1 Å². The maximum absolute atomic E-state index is 13.0. The lowest BCUT2D eigenvalue weighted by Gasteiger charge is -2.10. The molecule has 2 aromatic rings. The van der Waals surface area contributed by atoms with Gasteiger partial charge in [-0.3, -0.25) is 0 Å². The number of nitrogens with one attached hydrogen (secondary N) is 1. The molecule has 2 aromatic carbocycles. The van der Waals surface area contributed by atoms with Gasteiger partial charge in [0.1, 0.15) is 5.82 Å². The van der Waals surface area contributed by atoms with Crippen molar-refractivity contribution in [2.75, 3.05) is 5.32 Å².